The van der Waals surface area contributed by atoms with Crippen LogP contribution in [0.2, 0.25) is 0 Å². The van der Waals surface area contributed by atoms with Crippen LogP contribution in [0.1, 0.15) is 40.5 Å². The number of thiophene rings is 1. The summed E-state index contributed by atoms with van der Waals surface area (Å²) in [5.41, 5.74) is 0. The molecule has 1 aliphatic rings. The molecule has 4 heteroatoms. The van der Waals surface area contributed by atoms with Crippen LogP contribution in [0.4, 0.5) is 0 Å². The minimum absolute atomic E-state index is 0.297. The fourth-order valence-corrected chi connectivity index (χ4v) is 2.57. The van der Waals surface area contributed by atoms with Gasteiger partial charge in [-0.15, -0.1) is 0 Å². The lowest BCUT2D eigenvalue weighted by Gasteiger charge is -2.28. The number of carbonyl (C=O) groups excluding carboxylic acids is 1. The molecule has 2 nitrogen and oxygen atoms in total. The van der Waals surface area contributed by atoms with Crippen molar-refractivity contribution in [3.05, 3.63) is 22.9 Å². The molecule has 0 N–H and O–H groups in total. The van der Waals surface area contributed by atoms with E-state index in [1.165, 1.54) is 0 Å². The number of rotatable bonds is 1. The number of hydrogen-bond acceptors (Lipinski definition) is 3. The van der Waals surface area contributed by atoms with E-state index in [0.29, 0.717) is 11.2 Å². The van der Waals surface area contributed by atoms with Crippen molar-refractivity contribution in [2.24, 2.45) is 0 Å². The first-order valence-electron chi connectivity index (χ1n) is 6.98. The molecular weight excluding hydrogens is 274 g/mol. The molecule has 1 saturated heterocycles. The van der Waals surface area contributed by atoms with Crippen molar-refractivity contribution in [2.75, 3.05) is 19.8 Å². The standard InChI is InChI=1S/C7H13NOS.C4H4S.2C2H6/c1-8-5-6(10-2)3-4-7(8)9;1-2-4-5-3-1;2*1-2/h6H,3-5H2,1-2H3;1-4H;2*1-2H3. The summed E-state index contributed by atoms with van der Waals surface area (Å²) in [5, 5.41) is 4.75. The van der Waals surface area contributed by atoms with Gasteiger partial charge in [-0.05, 0) is 23.4 Å². The van der Waals surface area contributed by atoms with Crippen molar-refractivity contribution in [3.63, 3.8) is 0 Å². The quantitative estimate of drug-likeness (QED) is 0.745. The fourth-order valence-electron chi connectivity index (χ4n) is 1.39. The van der Waals surface area contributed by atoms with E-state index in [1.54, 1.807) is 11.3 Å². The van der Waals surface area contributed by atoms with Gasteiger partial charge in [0.2, 0.25) is 5.91 Å². The summed E-state index contributed by atoms with van der Waals surface area (Å²) in [6.45, 7) is 8.93. The number of piperidine rings is 1. The topological polar surface area (TPSA) is 20.3 Å². The van der Waals surface area contributed by atoms with Gasteiger partial charge in [0.15, 0.2) is 0 Å². The predicted molar refractivity (Wildman–Crippen MR) is 91.2 cm³/mol. The average Bonchev–Trinajstić information content (AvgIpc) is 3.06. The highest BCUT2D eigenvalue weighted by molar-refractivity contribution is 7.99. The SMILES string of the molecule is CC.CC.CSC1CCC(=O)N(C)C1.c1ccsc1. The van der Waals surface area contributed by atoms with Crippen molar-refractivity contribution in [1.29, 1.82) is 0 Å². The van der Waals surface area contributed by atoms with Gasteiger partial charge in [-0.2, -0.15) is 23.1 Å². The van der Waals surface area contributed by atoms with E-state index in [9.17, 15) is 4.79 Å². The number of amides is 1. The lowest BCUT2D eigenvalue weighted by atomic mass is 10.1. The Hall–Kier alpha value is -0.480. The Morgan fingerprint density at radius 1 is 1.21 bits per heavy atom. The predicted octanol–water partition coefficient (Wildman–Crippen LogP) is 4.77. The Balaban J connectivity index is 0. The average molecular weight is 304 g/mol. The molecule has 1 aromatic rings. The van der Waals surface area contributed by atoms with Crippen LogP contribution < -0.4 is 0 Å². The second-order valence-electron chi connectivity index (χ2n) is 3.46. The van der Waals surface area contributed by atoms with E-state index >= 15 is 0 Å². The summed E-state index contributed by atoms with van der Waals surface area (Å²) >= 11 is 3.57. The van der Waals surface area contributed by atoms with Gasteiger partial charge in [0.25, 0.3) is 0 Å². The molecule has 1 amide bonds. The lowest BCUT2D eigenvalue weighted by molar-refractivity contribution is -0.131. The summed E-state index contributed by atoms with van der Waals surface area (Å²) in [4.78, 5) is 12.8. The maximum Gasteiger partial charge on any atom is 0.222 e. The Kier molecular flexibility index (Phi) is 17.1. The Morgan fingerprint density at radius 2 is 1.74 bits per heavy atom. The molecule has 0 saturated carbocycles. The smallest absolute Gasteiger partial charge is 0.222 e. The molecule has 1 atom stereocenters. The van der Waals surface area contributed by atoms with Gasteiger partial charge in [-0.1, -0.05) is 39.8 Å². The Morgan fingerprint density at radius 3 is 2.05 bits per heavy atom. The first kappa shape index (κ1) is 20.8. The molecule has 19 heavy (non-hydrogen) atoms. The molecule has 1 aliphatic heterocycles. The van der Waals surface area contributed by atoms with Gasteiger partial charge in [-0.25, -0.2) is 0 Å². The number of hydrogen-bond donors (Lipinski definition) is 0. The van der Waals surface area contributed by atoms with Crippen molar-refractivity contribution in [2.45, 2.75) is 45.8 Å². The maximum atomic E-state index is 11.0. The lowest BCUT2D eigenvalue weighted by Crippen LogP contribution is -2.38. The van der Waals surface area contributed by atoms with Crippen molar-refractivity contribution in [3.8, 4) is 0 Å². The van der Waals surface area contributed by atoms with Crippen LogP contribution in [0.3, 0.4) is 0 Å². The summed E-state index contributed by atoms with van der Waals surface area (Å²) in [6, 6.07) is 4.04. The van der Waals surface area contributed by atoms with Gasteiger partial charge in [0, 0.05) is 25.3 Å². The summed E-state index contributed by atoms with van der Waals surface area (Å²) in [6.07, 6.45) is 3.90. The van der Waals surface area contributed by atoms with Crippen molar-refractivity contribution < 1.29 is 4.79 Å². The van der Waals surface area contributed by atoms with E-state index in [-0.39, 0.29) is 0 Å². The zero-order chi connectivity index (χ0) is 15.1. The molecule has 0 aliphatic carbocycles. The Bertz CT molecular complexity index is 258. The third-order valence-electron chi connectivity index (χ3n) is 2.34. The molecule has 0 aromatic carbocycles. The van der Waals surface area contributed by atoms with E-state index in [0.717, 1.165) is 19.4 Å². The summed E-state index contributed by atoms with van der Waals surface area (Å²) in [7, 11) is 1.88. The van der Waals surface area contributed by atoms with Crippen LogP contribution in [0.5, 0.6) is 0 Å². The van der Waals surface area contributed by atoms with Crippen LogP contribution in [-0.2, 0) is 4.79 Å². The highest BCUT2D eigenvalue weighted by Crippen LogP contribution is 2.19. The monoisotopic (exact) mass is 303 g/mol. The fraction of sp³-hybridized carbons (Fsp3) is 0.667. The van der Waals surface area contributed by atoms with Gasteiger partial charge in [-0.3, -0.25) is 4.79 Å². The molecule has 112 valence electrons. The maximum absolute atomic E-state index is 11.0. The molecule has 1 fully saturated rings. The van der Waals surface area contributed by atoms with Crippen LogP contribution >= 0.6 is 23.1 Å². The van der Waals surface area contributed by atoms with Crippen LogP contribution in [0.15, 0.2) is 22.9 Å². The highest BCUT2D eigenvalue weighted by atomic mass is 32.2. The molecular formula is C15H29NOS2. The Labute approximate surface area is 127 Å². The third-order valence-corrected chi connectivity index (χ3v) is 4.02. The van der Waals surface area contributed by atoms with Crippen molar-refractivity contribution in [1.82, 2.24) is 4.90 Å². The van der Waals surface area contributed by atoms with Crippen molar-refractivity contribution >= 4 is 29.0 Å². The molecule has 1 unspecified atom stereocenters. The molecule has 1 aromatic heterocycles. The van der Waals surface area contributed by atoms with Gasteiger partial charge >= 0.3 is 0 Å². The number of thioether (sulfide) groups is 1. The number of likely N-dealkylation sites (tertiary alicyclic amines) is 1. The van der Waals surface area contributed by atoms with E-state index < -0.39 is 0 Å². The van der Waals surface area contributed by atoms with Crippen LogP contribution in [0, 0.1) is 0 Å². The van der Waals surface area contributed by atoms with Crippen LogP contribution in [-0.4, -0.2) is 35.9 Å². The number of nitrogens with zero attached hydrogens (tertiary/aromatic N) is 1. The highest BCUT2D eigenvalue weighted by Gasteiger charge is 2.21. The molecule has 0 bridgehead atoms. The normalized spacial score (nSPS) is 17.1. The van der Waals surface area contributed by atoms with Gasteiger partial charge in [0.05, 0.1) is 0 Å². The molecule has 0 spiro atoms. The first-order valence-corrected chi connectivity index (χ1v) is 9.21. The number of carbonyl (C=O) groups is 1. The molecule has 2 heterocycles. The summed E-state index contributed by atoms with van der Waals surface area (Å²) in [5.74, 6) is 0.297. The van der Waals surface area contributed by atoms with Gasteiger partial charge in [0.1, 0.15) is 0 Å². The molecule has 0 radical (unpaired) electrons. The third kappa shape index (κ3) is 11.1. The van der Waals surface area contributed by atoms with E-state index in [2.05, 4.69) is 6.26 Å². The second-order valence-corrected chi connectivity index (χ2v) is 5.42. The minimum Gasteiger partial charge on any atom is -0.345 e. The van der Waals surface area contributed by atoms with E-state index in [4.69, 9.17) is 0 Å². The largest absolute Gasteiger partial charge is 0.345 e. The van der Waals surface area contributed by atoms with E-state index in [1.807, 2.05) is 74.3 Å². The van der Waals surface area contributed by atoms with Crippen LogP contribution in [0.25, 0.3) is 0 Å². The zero-order valence-electron chi connectivity index (χ0n) is 13.2. The zero-order valence-corrected chi connectivity index (χ0v) is 14.8. The van der Waals surface area contributed by atoms with Gasteiger partial charge < -0.3 is 4.90 Å². The second kappa shape index (κ2) is 15.6. The molecule has 2 rings (SSSR count). The first-order chi connectivity index (χ1) is 9.24. The summed E-state index contributed by atoms with van der Waals surface area (Å²) < 4.78 is 0. The minimum atomic E-state index is 0.297.